The van der Waals surface area contributed by atoms with Crippen LogP contribution in [0.1, 0.15) is 66.2 Å². The van der Waals surface area contributed by atoms with Crippen LogP contribution in [-0.4, -0.2) is 23.0 Å². The summed E-state index contributed by atoms with van der Waals surface area (Å²) in [4.78, 5) is 24.1. The molecule has 0 unspecified atom stereocenters. The van der Waals surface area contributed by atoms with Crippen molar-refractivity contribution in [3.63, 3.8) is 0 Å². The molecule has 1 aromatic rings. The Morgan fingerprint density at radius 2 is 1.54 bits per heavy atom. The van der Waals surface area contributed by atoms with E-state index in [2.05, 4.69) is 12.2 Å². The Morgan fingerprint density at radius 3 is 2.04 bits per heavy atom. The van der Waals surface area contributed by atoms with Crippen molar-refractivity contribution in [2.75, 3.05) is 0 Å². The van der Waals surface area contributed by atoms with E-state index in [0.29, 0.717) is 0 Å². The molecule has 128 valence electrons. The second-order valence-corrected chi connectivity index (χ2v) is 8.33. The normalized spacial score (nSPS) is 34.8. The molecular formula is C20H25NO3. The molecule has 0 saturated heterocycles. The Bertz CT molecular complexity index is 646. The van der Waals surface area contributed by atoms with E-state index in [0.717, 1.165) is 17.8 Å². The molecule has 4 fully saturated rings. The van der Waals surface area contributed by atoms with Gasteiger partial charge in [-0.15, -0.1) is 0 Å². The minimum Gasteiger partial charge on any atom is -0.478 e. The van der Waals surface area contributed by atoms with Crippen molar-refractivity contribution >= 4 is 11.9 Å². The third kappa shape index (κ3) is 2.52. The van der Waals surface area contributed by atoms with Crippen LogP contribution in [-0.2, 0) is 0 Å². The molecule has 5 rings (SSSR count). The fraction of sp³-hybridized carbons (Fsp3) is 0.600. The van der Waals surface area contributed by atoms with Crippen molar-refractivity contribution in [2.24, 2.45) is 23.2 Å². The van der Waals surface area contributed by atoms with E-state index in [1.807, 2.05) is 0 Å². The average molecular weight is 327 g/mol. The third-order valence-electron chi connectivity index (χ3n) is 6.75. The lowest BCUT2D eigenvalue weighted by Gasteiger charge is -2.59. The van der Waals surface area contributed by atoms with E-state index in [4.69, 9.17) is 0 Å². The average Bonchev–Trinajstić information content (AvgIpc) is 2.53. The summed E-state index contributed by atoms with van der Waals surface area (Å²) < 4.78 is 0. The fourth-order valence-electron chi connectivity index (χ4n) is 6.00. The molecule has 0 heterocycles. The van der Waals surface area contributed by atoms with Crippen LogP contribution in [0.3, 0.4) is 0 Å². The number of amides is 1. The van der Waals surface area contributed by atoms with Crippen molar-refractivity contribution in [2.45, 2.75) is 51.5 Å². The van der Waals surface area contributed by atoms with Gasteiger partial charge in [-0.1, -0.05) is 12.1 Å². The number of nitrogens with one attached hydrogen (secondary N) is 1. The van der Waals surface area contributed by atoms with E-state index in [-0.39, 0.29) is 28.5 Å². The van der Waals surface area contributed by atoms with E-state index in [1.165, 1.54) is 44.6 Å². The van der Waals surface area contributed by atoms with Gasteiger partial charge in [0.15, 0.2) is 0 Å². The van der Waals surface area contributed by atoms with Gasteiger partial charge in [-0.2, -0.15) is 0 Å². The van der Waals surface area contributed by atoms with Crippen LogP contribution < -0.4 is 5.32 Å². The summed E-state index contributed by atoms with van der Waals surface area (Å²) in [6, 6.07) is 6.57. The van der Waals surface area contributed by atoms with E-state index < -0.39 is 5.97 Å². The number of rotatable bonds is 4. The monoisotopic (exact) mass is 327 g/mol. The molecule has 1 atom stereocenters. The quantitative estimate of drug-likeness (QED) is 0.886. The summed E-state index contributed by atoms with van der Waals surface area (Å²) in [6.07, 6.45) is 7.80. The fourth-order valence-corrected chi connectivity index (χ4v) is 6.00. The first-order chi connectivity index (χ1) is 11.5. The number of carbonyl (C=O) groups is 2. The Morgan fingerprint density at radius 1 is 1.04 bits per heavy atom. The van der Waals surface area contributed by atoms with Gasteiger partial charge in [0.25, 0.3) is 5.91 Å². The van der Waals surface area contributed by atoms with Gasteiger partial charge in [-0.05, 0) is 80.8 Å². The maximum Gasteiger partial charge on any atom is 0.336 e. The molecule has 0 aromatic heterocycles. The molecule has 4 aliphatic rings. The van der Waals surface area contributed by atoms with Gasteiger partial charge >= 0.3 is 5.97 Å². The first kappa shape index (κ1) is 15.7. The first-order valence-corrected chi connectivity index (χ1v) is 9.10. The molecule has 4 saturated carbocycles. The van der Waals surface area contributed by atoms with Crippen LogP contribution in [0.2, 0.25) is 0 Å². The number of hydrogen-bond donors (Lipinski definition) is 2. The zero-order valence-electron chi connectivity index (χ0n) is 14.1. The minimum absolute atomic E-state index is 0.0766. The summed E-state index contributed by atoms with van der Waals surface area (Å²) >= 11 is 0. The maximum atomic E-state index is 12.7. The van der Waals surface area contributed by atoms with Crippen molar-refractivity contribution < 1.29 is 14.7 Å². The SMILES string of the molecule is C[C@H](NC(=O)c1ccccc1C(=O)O)C12CC3CC(CC(C3)C1)C2. The lowest BCUT2D eigenvalue weighted by atomic mass is 9.48. The lowest BCUT2D eigenvalue weighted by molar-refractivity contribution is -0.0688. The van der Waals surface area contributed by atoms with Gasteiger partial charge in [0.05, 0.1) is 11.1 Å². The number of carboxylic acids is 1. The maximum absolute atomic E-state index is 12.7. The molecule has 4 aliphatic carbocycles. The molecule has 24 heavy (non-hydrogen) atoms. The van der Waals surface area contributed by atoms with Gasteiger partial charge in [0.2, 0.25) is 0 Å². The Labute approximate surface area is 142 Å². The summed E-state index contributed by atoms with van der Waals surface area (Å²) in [5.74, 6) is 1.20. The third-order valence-corrected chi connectivity index (χ3v) is 6.75. The Hall–Kier alpha value is -1.84. The van der Waals surface area contributed by atoms with Crippen molar-refractivity contribution in [1.29, 1.82) is 0 Å². The summed E-state index contributed by atoms with van der Waals surface area (Å²) in [6.45, 7) is 2.12. The van der Waals surface area contributed by atoms with Crippen LogP contribution in [0.4, 0.5) is 0 Å². The predicted molar refractivity (Wildman–Crippen MR) is 90.9 cm³/mol. The number of hydrogen-bond acceptors (Lipinski definition) is 2. The second kappa shape index (κ2) is 5.61. The minimum atomic E-state index is -1.05. The topological polar surface area (TPSA) is 66.4 Å². The van der Waals surface area contributed by atoms with Crippen molar-refractivity contribution in [3.8, 4) is 0 Å². The van der Waals surface area contributed by atoms with Crippen molar-refractivity contribution in [3.05, 3.63) is 35.4 Å². The number of carboxylic acid groups (broad SMARTS) is 1. The van der Waals surface area contributed by atoms with Gasteiger partial charge in [0, 0.05) is 6.04 Å². The van der Waals surface area contributed by atoms with Crippen LogP contribution in [0, 0.1) is 23.2 Å². The largest absolute Gasteiger partial charge is 0.478 e. The lowest BCUT2D eigenvalue weighted by Crippen LogP contribution is -2.55. The highest BCUT2D eigenvalue weighted by atomic mass is 16.4. The molecule has 0 aliphatic heterocycles. The van der Waals surface area contributed by atoms with Gasteiger partial charge in [-0.25, -0.2) is 4.79 Å². The summed E-state index contributed by atoms with van der Waals surface area (Å²) in [5.41, 5.74) is 0.567. The molecule has 4 heteroatoms. The molecule has 1 aromatic carbocycles. The summed E-state index contributed by atoms with van der Waals surface area (Å²) in [5, 5.41) is 12.4. The van der Waals surface area contributed by atoms with E-state index in [1.54, 1.807) is 18.2 Å². The van der Waals surface area contributed by atoms with Crippen molar-refractivity contribution in [1.82, 2.24) is 5.32 Å². The number of aromatic carboxylic acids is 1. The van der Waals surface area contributed by atoms with Crippen LogP contribution in [0.15, 0.2) is 24.3 Å². The number of benzene rings is 1. The van der Waals surface area contributed by atoms with Gasteiger partial charge in [-0.3, -0.25) is 4.79 Å². The Kier molecular flexibility index (Phi) is 3.66. The van der Waals surface area contributed by atoms with Crippen LogP contribution in [0.5, 0.6) is 0 Å². The molecule has 0 spiro atoms. The molecular weight excluding hydrogens is 302 g/mol. The predicted octanol–water partition coefficient (Wildman–Crippen LogP) is 3.72. The first-order valence-electron chi connectivity index (χ1n) is 9.10. The standard InChI is InChI=1S/C20H25NO3/c1-12(20-9-13-6-14(10-20)8-15(7-13)11-20)21-18(22)16-4-2-3-5-17(16)19(23)24/h2-5,12-15H,6-11H2,1H3,(H,21,22)(H,23,24)/t12-,13?,14?,15?,20?/m0/s1. The highest BCUT2D eigenvalue weighted by molar-refractivity contribution is 6.04. The van der Waals surface area contributed by atoms with Crippen LogP contribution >= 0.6 is 0 Å². The van der Waals surface area contributed by atoms with Gasteiger partial charge in [0.1, 0.15) is 0 Å². The van der Waals surface area contributed by atoms with Crippen LogP contribution in [0.25, 0.3) is 0 Å². The smallest absolute Gasteiger partial charge is 0.336 e. The van der Waals surface area contributed by atoms with E-state index >= 15 is 0 Å². The molecule has 4 nitrogen and oxygen atoms in total. The molecule has 0 radical (unpaired) electrons. The van der Waals surface area contributed by atoms with E-state index in [9.17, 15) is 14.7 Å². The highest BCUT2D eigenvalue weighted by Crippen LogP contribution is 2.61. The zero-order chi connectivity index (χ0) is 16.9. The Balaban J connectivity index is 1.53. The molecule has 2 N–H and O–H groups in total. The zero-order valence-corrected chi connectivity index (χ0v) is 14.1. The van der Waals surface area contributed by atoms with Gasteiger partial charge < -0.3 is 10.4 Å². The highest BCUT2D eigenvalue weighted by Gasteiger charge is 2.53. The molecule has 1 amide bonds. The molecule has 4 bridgehead atoms. The summed E-state index contributed by atoms with van der Waals surface area (Å²) in [7, 11) is 0. The number of carbonyl (C=O) groups excluding carboxylic acids is 1. The second-order valence-electron chi connectivity index (χ2n) is 8.33.